The van der Waals surface area contributed by atoms with Crippen LogP contribution in [0.15, 0.2) is 54.3 Å². The first-order valence-corrected chi connectivity index (χ1v) is 13.7. The van der Waals surface area contributed by atoms with Crippen LogP contribution < -0.4 is 9.47 Å². The summed E-state index contributed by atoms with van der Waals surface area (Å²) in [6, 6.07) is 12.2. The molecule has 10 nitrogen and oxygen atoms in total. The van der Waals surface area contributed by atoms with Crippen LogP contribution >= 0.6 is 0 Å². The molecule has 2 bridgehead atoms. The second-order valence-corrected chi connectivity index (χ2v) is 11.2. The molecule has 2 aliphatic carbocycles. The van der Waals surface area contributed by atoms with E-state index in [-0.39, 0.29) is 18.2 Å². The summed E-state index contributed by atoms with van der Waals surface area (Å²) in [5.74, 6) is -0.998. The van der Waals surface area contributed by atoms with Gasteiger partial charge in [0.05, 0.1) is 18.1 Å². The van der Waals surface area contributed by atoms with Crippen LogP contribution in [0.3, 0.4) is 0 Å². The molecule has 2 aliphatic heterocycles. The molecule has 1 N–H and O–H groups in total. The average molecular weight is 564 g/mol. The Kier molecular flexibility index (Phi) is 6.58. The summed E-state index contributed by atoms with van der Waals surface area (Å²) in [6.45, 7) is 3.32. The lowest BCUT2D eigenvalue weighted by molar-refractivity contribution is -0.180. The number of methoxy groups -OCH3 is 1. The Bertz CT molecular complexity index is 1440. The number of hydrogen-bond acceptors (Lipinski definition) is 10. The molecular weight excluding hydrogens is 530 g/mol. The molecule has 10 heteroatoms. The van der Waals surface area contributed by atoms with Gasteiger partial charge in [-0.05, 0) is 51.1 Å². The standard InChI is InChI=1S/C31H33NO9/c1-17(38-29(35)25(39-18(2)33)19-8-6-5-7-9-19)28(34)40-22-12-13-31(36)23-16-20-10-11-21(37-4)26-24(20)30(31,27(22)41-26)14-15-32(23)3/h5-12,17,23,25,27,36H,13-16H2,1-4H3/t17?,23-,25+,27+,30+,31-/m1/s1. The summed E-state index contributed by atoms with van der Waals surface area (Å²) in [7, 11) is 3.59. The highest BCUT2D eigenvalue weighted by Gasteiger charge is 2.72. The third-order valence-electron chi connectivity index (χ3n) is 9.00. The number of ether oxygens (including phenoxy) is 5. The molecule has 4 aliphatic rings. The summed E-state index contributed by atoms with van der Waals surface area (Å²) in [4.78, 5) is 40.1. The maximum atomic E-state index is 13.3. The molecule has 41 heavy (non-hydrogen) atoms. The van der Waals surface area contributed by atoms with E-state index in [4.69, 9.17) is 23.7 Å². The lowest BCUT2D eigenvalue weighted by Gasteiger charge is -2.61. The number of aliphatic hydroxyl groups is 1. The number of piperidine rings is 1. The summed E-state index contributed by atoms with van der Waals surface area (Å²) < 4.78 is 28.6. The van der Waals surface area contributed by atoms with Crippen molar-refractivity contribution in [3.63, 3.8) is 0 Å². The molecule has 2 heterocycles. The number of rotatable bonds is 7. The van der Waals surface area contributed by atoms with Gasteiger partial charge in [0.2, 0.25) is 6.10 Å². The monoisotopic (exact) mass is 563 g/mol. The van der Waals surface area contributed by atoms with E-state index in [2.05, 4.69) is 4.90 Å². The molecular formula is C31H33NO9. The van der Waals surface area contributed by atoms with Gasteiger partial charge in [-0.2, -0.15) is 0 Å². The fourth-order valence-corrected chi connectivity index (χ4v) is 7.12. The average Bonchev–Trinajstić information content (AvgIpc) is 3.31. The van der Waals surface area contributed by atoms with Crippen molar-refractivity contribution >= 4 is 17.9 Å². The van der Waals surface area contributed by atoms with Gasteiger partial charge in [-0.3, -0.25) is 4.79 Å². The minimum atomic E-state index is -1.33. The van der Waals surface area contributed by atoms with E-state index in [1.807, 2.05) is 19.2 Å². The van der Waals surface area contributed by atoms with E-state index in [1.54, 1.807) is 43.5 Å². The third kappa shape index (κ3) is 4.03. The molecule has 2 aromatic rings. The molecule has 0 radical (unpaired) electrons. The molecule has 6 atom stereocenters. The number of carbonyl (C=O) groups excluding carboxylic acids is 3. The van der Waals surface area contributed by atoms with Crippen LogP contribution in [0.1, 0.15) is 49.5 Å². The SMILES string of the molecule is COc1ccc2c3c1O[C@H]1C(OC(=O)C(C)OC(=O)[C@@H](OC(C)=O)c4ccccc4)=CC[C@@]4(O)[C@@H](C2)N(C)CC[C@]314. The fourth-order valence-electron chi connectivity index (χ4n) is 7.12. The highest BCUT2D eigenvalue weighted by molar-refractivity contribution is 5.84. The first kappa shape index (κ1) is 27.3. The van der Waals surface area contributed by atoms with Crippen molar-refractivity contribution in [2.75, 3.05) is 20.7 Å². The second-order valence-electron chi connectivity index (χ2n) is 11.2. The Morgan fingerprint density at radius 3 is 2.56 bits per heavy atom. The second kappa shape index (κ2) is 9.88. The molecule has 6 rings (SSSR count). The molecule has 1 spiro atoms. The van der Waals surface area contributed by atoms with Gasteiger partial charge in [0.15, 0.2) is 23.7 Å². The number of hydrogen-bond donors (Lipinski definition) is 1. The number of esters is 3. The smallest absolute Gasteiger partial charge is 0.353 e. The first-order chi connectivity index (χ1) is 19.6. The van der Waals surface area contributed by atoms with E-state index in [1.165, 1.54) is 13.8 Å². The predicted molar refractivity (Wildman–Crippen MR) is 144 cm³/mol. The predicted octanol–water partition coefficient (Wildman–Crippen LogP) is 2.75. The van der Waals surface area contributed by atoms with E-state index in [9.17, 15) is 19.5 Å². The Morgan fingerprint density at radius 1 is 1.10 bits per heavy atom. The first-order valence-electron chi connectivity index (χ1n) is 13.7. The van der Waals surface area contributed by atoms with Gasteiger partial charge < -0.3 is 33.7 Å². The van der Waals surface area contributed by atoms with Gasteiger partial charge in [-0.1, -0.05) is 36.4 Å². The van der Waals surface area contributed by atoms with Gasteiger partial charge in [-0.25, -0.2) is 9.59 Å². The van der Waals surface area contributed by atoms with E-state index < -0.39 is 47.2 Å². The van der Waals surface area contributed by atoms with E-state index in [0.29, 0.717) is 29.9 Å². The lowest BCUT2D eigenvalue weighted by Crippen LogP contribution is -2.74. The van der Waals surface area contributed by atoms with Gasteiger partial charge in [0, 0.05) is 30.5 Å². The molecule has 1 saturated heterocycles. The fraction of sp³-hybridized carbons (Fsp3) is 0.452. The zero-order valence-electron chi connectivity index (χ0n) is 23.4. The Labute approximate surface area is 237 Å². The van der Waals surface area contributed by atoms with Crippen LogP contribution in [-0.2, 0) is 40.4 Å². The van der Waals surface area contributed by atoms with Crippen LogP contribution in [0.4, 0.5) is 0 Å². The summed E-state index contributed by atoms with van der Waals surface area (Å²) >= 11 is 0. The van der Waals surface area contributed by atoms with Crippen molar-refractivity contribution in [3.8, 4) is 11.5 Å². The maximum Gasteiger partial charge on any atom is 0.353 e. The number of benzene rings is 2. The van der Waals surface area contributed by atoms with Gasteiger partial charge in [-0.15, -0.1) is 0 Å². The van der Waals surface area contributed by atoms with Crippen molar-refractivity contribution in [3.05, 3.63) is 71.0 Å². The van der Waals surface area contributed by atoms with E-state index in [0.717, 1.165) is 17.7 Å². The van der Waals surface area contributed by atoms with Gasteiger partial charge >= 0.3 is 17.9 Å². The van der Waals surface area contributed by atoms with Crippen molar-refractivity contribution in [2.24, 2.45) is 0 Å². The van der Waals surface area contributed by atoms with Crippen LogP contribution in [0.2, 0.25) is 0 Å². The third-order valence-corrected chi connectivity index (χ3v) is 9.00. The number of likely N-dealkylation sites (N-methyl/N-ethyl adjacent to an activating group) is 1. The van der Waals surface area contributed by atoms with Crippen LogP contribution in [0, 0.1) is 0 Å². The minimum Gasteiger partial charge on any atom is -0.493 e. The van der Waals surface area contributed by atoms with Crippen LogP contribution in [0.25, 0.3) is 0 Å². The van der Waals surface area contributed by atoms with Crippen LogP contribution in [-0.4, -0.2) is 72.5 Å². The highest BCUT2D eigenvalue weighted by atomic mass is 16.6. The lowest BCUT2D eigenvalue weighted by atomic mass is 9.50. The Morgan fingerprint density at radius 2 is 1.85 bits per heavy atom. The molecule has 0 amide bonds. The summed E-state index contributed by atoms with van der Waals surface area (Å²) in [5.41, 5.74) is 0.437. The molecule has 0 saturated carbocycles. The molecule has 0 aromatic heterocycles. The largest absolute Gasteiger partial charge is 0.493 e. The highest BCUT2D eigenvalue weighted by Crippen LogP contribution is 2.65. The number of carbonyl (C=O) groups is 3. The Balaban J connectivity index is 1.27. The number of nitrogens with zero attached hydrogens (tertiary/aromatic N) is 1. The zero-order chi connectivity index (χ0) is 29.1. The maximum absolute atomic E-state index is 13.3. The molecule has 2 aromatic carbocycles. The molecule has 1 fully saturated rings. The summed E-state index contributed by atoms with van der Waals surface area (Å²) in [6.07, 6.45) is -0.189. The minimum absolute atomic E-state index is 0.140. The van der Waals surface area contributed by atoms with Crippen LogP contribution in [0.5, 0.6) is 11.5 Å². The van der Waals surface area contributed by atoms with Gasteiger partial charge in [0.25, 0.3) is 0 Å². The molecule has 1 unspecified atom stereocenters. The van der Waals surface area contributed by atoms with Crippen molar-refractivity contribution in [2.45, 2.75) is 68.5 Å². The quantitative estimate of drug-likeness (QED) is 0.398. The zero-order valence-corrected chi connectivity index (χ0v) is 23.4. The number of likely N-dealkylation sites (tertiary alicyclic amines) is 1. The molecule has 216 valence electrons. The van der Waals surface area contributed by atoms with Gasteiger partial charge in [0.1, 0.15) is 5.76 Å². The topological polar surface area (TPSA) is 121 Å². The van der Waals surface area contributed by atoms with Crippen molar-refractivity contribution in [1.82, 2.24) is 4.90 Å². The Hall–Kier alpha value is -3.89. The van der Waals surface area contributed by atoms with Crippen molar-refractivity contribution in [1.29, 1.82) is 0 Å². The van der Waals surface area contributed by atoms with Crippen molar-refractivity contribution < 1.29 is 43.2 Å². The normalized spacial score (nSPS) is 28.8. The van der Waals surface area contributed by atoms with E-state index >= 15 is 0 Å². The summed E-state index contributed by atoms with van der Waals surface area (Å²) in [5, 5.41) is 12.3.